The van der Waals surface area contributed by atoms with Crippen LogP contribution >= 0.6 is 0 Å². The third kappa shape index (κ3) is 7.47. The predicted octanol–water partition coefficient (Wildman–Crippen LogP) is -3.93. The Morgan fingerprint density at radius 1 is 1.14 bits per heavy atom. The Hall–Kier alpha value is -4.05. The summed E-state index contributed by atoms with van der Waals surface area (Å²) in [6.07, 6.45) is 0.601. The maximum Gasteiger partial charge on any atom is 0.335 e. The molecule has 0 aliphatic carbocycles. The summed E-state index contributed by atoms with van der Waals surface area (Å²) in [5, 5.41) is 37.8. The first-order chi connectivity index (χ1) is 16.9. The van der Waals surface area contributed by atoms with E-state index >= 15 is 0 Å². The molecule has 0 unspecified atom stereocenters. The zero-order chi connectivity index (χ0) is 27.0. The minimum atomic E-state index is -2.27. The van der Waals surface area contributed by atoms with E-state index in [9.17, 15) is 28.8 Å². The van der Waals surface area contributed by atoms with E-state index in [-0.39, 0.29) is 24.7 Å². The van der Waals surface area contributed by atoms with Gasteiger partial charge in [-0.3, -0.25) is 19.2 Å². The van der Waals surface area contributed by atoms with Crippen molar-refractivity contribution in [1.82, 2.24) is 25.5 Å². The number of carbonyl (C=O) groups is 6. The van der Waals surface area contributed by atoms with Gasteiger partial charge in [-0.1, -0.05) is 0 Å². The van der Waals surface area contributed by atoms with E-state index in [4.69, 9.17) is 26.2 Å². The molecule has 16 nitrogen and oxygen atoms in total. The van der Waals surface area contributed by atoms with Gasteiger partial charge in [0.2, 0.25) is 23.6 Å². The molecule has 0 saturated carbocycles. The molecule has 5 atom stereocenters. The number of aromatic amines is 1. The summed E-state index contributed by atoms with van der Waals surface area (Å²) in [4.78, 5) is 76.2. The van der Waals surface area contributed by atoms with E-state index in [1.165, 1.54) is 11.2 Å². The van der Waals surface area contributed by atoms with Crippen molar-refractivity contribution in [2.45, 2.75) is 62.4 Å². The number of aliphatic hydroxyl groups excluding tert-OH is 2. The maximum atomic E-state index is 13.0. The van der Waals surface area contributed by atoms with Crippen molar-refractivity contribution in [2.75, 3.05) is 6.54 Å². The van der Waals surface area contributed by atoms with Gasteiger partial charge >= 0.3 is 11.9 Å². The molecule has 9 N–H and O–H groups in total. The zero-order valence-electron chi connectivity index (χ0n) is 19.0. The second-order valence-electron chi connectivity index (χ2n) is 8.16. The summed E-state index contributed by atoms with van der Waals surface area (Å²) in [5.74, 6) is -5.05. The van der Waals surface area contributed by atoms with Crippen LogP contribution in [0.4, 0.5) is 0 Å². The number of nitrogens with two attached hydrogens (primary N) is 1. The number of hydrogen-bond donors (Lipinski definition) is 8. The molecule has 2 saturated heterocycles. The molecule has 3 rings (SSSR count). The van der Waals surface area contributed by atoms with Gasteiger partial charge in [0.05, 0.1) is 6.33 Å². The number of carboxylic acids is 2. The van der Waals surface area contributed by atoms with Crippen LogP contribution < -0.4 is 16.4 Å². The highest BCUT2D eigenvalue weighted by molar-refractivity contribution is 5.95. The van der Waals surface area contributed by atoms with Crippen molar-refractivity contribution >= 4 is 35.6 Å². The van der Waals surface area contributed by atoms with Crippen LogP contribution in [0.2, 0.25) is 0 Å². The first-order valence-corrected chi connectivity index (χ1v) is 10.9. The fourth-order valence-electron chi connectivity index (χ4n) is 3.70. The number of carbonyl (C=O) groups excluding carboxylic acids is 4. The van der Waals surface area contributed by atoms with E-state index in [0.717, 1.165) is 0 Å². The highest BCUT2D eigenvalue weighted by Gasteiger charge is 2.38. The number of nitrogens with one attached hydrogen (secondary N) is 3. The van der Waals surface area contributed by atoms with E-state index in [0.29, 0.717) is 31.5 Å². The van der Waals surface area contributed by atoms with Gasteiger partial charge in [-0.05, 0) is 19.3 Å². The Bertz CT molecular complexity index is 966. The summed E-state index contributed by atoms with van der Waals surface area (Å²) in [5.41, 5.74) is 6.07. The fourth-order valence-corrected chi connectivity index (χ4v) is 3.70. The van der Waals surface area contributed by atoms with Gasteiger partial charge in [0.1, 0.15) is 18.1 Å². The molecular formula is C20H28N6O10. The molecule has 2 aliphatic heterocycles. The second-order valence-corrected chi connectivity index (χ2v) is 8.16. The first-order valence-electron chi connectivity index (χ1n) is 10.9. The van der Waals surface area contributed by atoms with Crippen LogP contribution in [-0.4, -0.2) is 108 Å². The van der Waals surface area contributed by atoms with Crippen molar-refractivity contribution in [3.8, 4) is 0 Å². The minimum Gasteiger partial charge on any atom is -0.479 e. The lowest BCUT2D eigenvalue weighted by molar-refractivity contribution is -0.165. The van der Waals surface area contributed by atoms with Crippen molar-refractivity contribution in [2.24, 2.45) is 5.73 Å². The van der Waals surface area contributed by atoms with E-state index in [1.807, 2.05) is 0 Å². The number of likely N-dealkylation sites (tertiary alicyclic amines) is 1. The minimum absolute atomic E-state index is 0.185. The summed E-state index contributed by atoms with van der Waals surface area (Å²) in [6.45, 7) is 0.419. The van der Waals surface area contributed by atoms with Gasteiger partial charge in [0.25, 0.3) is 0 Å². The standard InChI is InChI=1S/C16H22N6O4.C4H6O6/c17-14(24)12-2-1-5-22(12)16(26)11(6-9-7-18-8-19-9)21-15(25)10-3-4-13(23)20-10;5-1(3(7)8)2(6)4(9)10/h7-8,10-12H,1-6H2,(H2,17,24)(H,18,19)(H,20,23)(H,21,25);1-2,5-6H,(H,7,8)(H,9,10)/t10-,11-,12-;1-,2-/m01/s1. The van der Waals surface area contributed by atoms with Gasteiger partial charge in [-0.15, -0.1) is 0 Å². The van der Waals surface area contributed by atoms with E-state index in [1.54, 1.807) is 6.20 Å². The van der Waals surface area contributed by atoms with Crippen LogP contribution in [-0.2, 0) is 35.2 Å². The lowest BCUT2D eigenvalue weighted by Crippen LogP contribution is -2.56. The molecule has 3 heterocycles. The fraction of sp³-hybridized carbons (Fsp3) is 0.550. The number of hydrogen-bond acceptors (Lipinski definition) is 9. The Morgan fingerprint density at radius 3 is 2.25 bits per heavy atom. The number of nitrogens with zero attached hydrogens (tertiary/aromatic N) is 2. The molecular weight excluding hydrogens is 484 g/mol. The number of aromatic nitrogens is 2. The van der Waals surface area contributed by atoms with Crippen molar-refractivity contribution in [3.05, 3.63) is 18.2 Å². The summed E-state index contributed by atoms with van der Waals surface area (Å²) >= 11 is 0. The smallest absolute Gasteiger partial charge is 0.335 e. The number of carboxylic acid groups (broad SMARTS) is 2. The van der Waals surface area contributed by atoms with Gasteiger partial charge in [-0.25, -0.2) is 14.6 Å². The summed E-state index contributed by atoms with van der Waals surface area (Å²) in [7, 11) is 0. The molecule has 1 aromatic heterocycles. The third-order valence-corrected chi connectivity index (χ3v) is 5.57. The topological polar surface area (TPSA) is 265 Å². The van der Waals surface area contributed by atoms with Crippen molar-refractivity contribution in [3.63, 3.8) is 0 Å². The van der Waals surface area contributed by atoms with Crippen LogP contribution in [0.5, 0.6) is 0 Å². The molecule has 0 bridgehead atoms. The Labute approximate surface area is 203 Å². The Kier molecular flexibility index (Phi) is 9.86. The second kappa shape index (κ2) is 12.6. The van der Waals surface area contributed by atoms with Crippen LogP contribution in [0.1, 0.15) is 31.4 Å². The van der Waals surface area contributed by atoms with Crippen molar-refractivity contribution < 1.29 is 49.2 Å². The van der Waals surface area contributed by atoms with E-state index < -0.39 is 54.1 Å². The SMILES string of the molecule is NC(=O)[C@@H]1CCCN1C(=O)[C@H](Cc1cnc[nH]1)NC(=O)[C@@H]1CCC(=O)N1.O=C(O)[C@H](O)[C@@H](O)C(=O)O. The molecule has 0 aromatic carbocycles. The molecule has 36 heavy (non-hydrogen) atoms. The van der Waals surface area contributed by atoms with Gasteiger partial charge < -0.3 is 46.7 Å². The summed E-state index contributed by atoms with van der Waals surface area (Å²) < 4.78 is 0. The number of primary amides is 1. The third-order valence-electron chi connectivity index (χ3n) is 5.57. The average Bonchev–Trinajstić information content (AvgIpc) is 3.59. The number of amides is 4. The number of H-pyrrole nitrogens is 1. The molecule has 4 amide bonds. The molecule has 16 heteroatoms. The lowest BCUT2D eigenvalue weighted by atomic mass is 10.1. The van der Waals surface area contributed by atoms with Gasteiger partial charge in [0.15, 0.2) is 12.2 Å². The highest BCUT2D eigenvalue weighted by atomic mass is 16.4. The lowest BCUT2D eigenvalue weighted by Gasteiger charge is -2.28. The zero-order valence-corrected chi connectivity index (χ0v) is 19.0. The molecule has 1 aromatic rings. The highest BCUT2D eigenvalue weighted by Crippen LogP contribution is 2.19. The summed E-state index contributed by atoms with van der Waals surface area (Å²) in [6, 6.07) is -2.18. The molecule has 0 spiro atoms. The molecule has 2 fully saturated rings. The Morgan fingerprint density at radius 2 is 1.78 bits per heavy atom. The van der Waals surface area contributed by atoms with Gasteiger partial charge in [0, 0.05) is 31.3 Å². The maximum absolute atomic E-state index is 13.0. The predicted molar refractivity (Wildman–Crippen MR) is 117 cm³/mol. The van der Waals surface area contributed by atoms with Crippen LogP contribution in [0.25, 0.3) is 0 Å². The normalized spacial score (nSPS) is 21.4. The number of aliphatic hydroxyl groups is 2. The van der Waals surface area contributed by atoms with Crippen LogP contribution in [0.15, 0.2) is 12.5 Å². The number of imidazole rings is 1. The van der Waals surface area contributed by atoms with Crippen molar-refractivity contribution in [1.29, 1.82) is 0 Å². The first kappa shape index (κ1) is 28.2. The molecule has 0 radical (unpaired) electrons. The average molecular weight is 512 g/mol. The van der Waals surface area contributed by atoms with E-state index in [2.05, 4.69) is 20.6 Å². The molecule has 2 aliphatic rings. The monoisotopic (exact) mass is 512 g/mol. The van der Waals surface area contributed by atoms with Gasteiger partial charge in [-0.2, -0.15) is 0 Å². The Balaban J connectivity index is 0.000000388. The largest absolute Gasteiger partial charge is 0.479 e. The van der Waals surface area contributed by atoms with Crippen LogP contribution in [0.3, 0.4) is 0 Å². The molecule has 198 valence electrons. The van der Waals surface area contributed by atoms with Crippen LogP contribution in [0, 0.1) is 0 Å². The number of rotatable bonds is 9. The quantitative estimate of drug-likeness (QED) is 0.158. The number of aliphatic carboxylic acids is 2.